The van der Waals surface area contributed by atoms with Crippen molar-refractivity contribution < 1.29 is 4.79 Å². The van der Waals surface area contributed by atoms with Gasteiger partial charge in [-0.25, -0.2) is 0 Å². The van der Waals surface area contributed by atoms with Crippen molar-refractivity contribution in [3.05, 3.63) is 0 Å². The van der Waals surface area contributed by atoms with Gasteiger partial charge in [0.25, 0.3) is 0 Å². The third kappa shape index (κ3) is 1.64. The maximum atomic E-state index is 12.4. The van der Waals surface area contributed by atoms with Gasteiger partial charge in [-0.2, -0.15) is 0 Å². The van der Waals surface area contributed by atoms with Gasteiger partial charge >= 0.3 is 0 Å². The van der Waals surface area contributed by atoms with E-state index in [9.17, 15) is 4.79 Å². The fourth-order valence-electron chi connectivity index (χ4n) is 7.16. The third-order valence-electron chi connectivity index (χ3n) is 8.18. The first-order valence-corrected chi connectivity index (χ1v) is 9.07. The van der Waals surface area contributed by atoms with E-state index in [0.717, 1.165) is 30.6 Å². The van der Waals surface area contributed by atoms with Crippen molar-refractivity contribution in [3.63, 3.8) is 0 Å². The van der Waals surface area contributed by atoms with Crippen molar-refractivity contribution in [1.82, 2.24) is 0 Å². The molecule has 0 bridgehead atoms. The normalized spacial score (nSPS) is 55.0. The molecular weight excluding hydrogens is 244 g/mol. The van der Waals surface area contributed by atoms with Crippen molar-refractivity contribution >= 4 is 5.78 Å². The van der Waals surface area contributed by atoms with Gasteiger partial charge in [-0.15, -0.1) is 0 Å². The number of Topliss-reactive ketones (excluding diaryl/α,β-unsaturated/α-hetero) is 1. The molecule has 4 saturated carbocycles. The molecule has 0 N–H and O–H groups in total. The predicted octanol–water partition coefficient (Wildman–Crippen LogP) is 4.99. The van der Waals surface area contributed by atoms with E-state index in [4.69, 9.17) is 0 Å². The van der Waals surface area contributed by atoms with Crippen LogP contribution in [0.4, 0.5) is 0 Å². The van der Waals surface area contributed by atoms with Crippen LogP contribution in [-0.4, -0.2) is 5.78 Å². The van der Waals surface area contributed by atoms with Gasteiger partial charge in [-0.1, -0.05) is 20.3 Å². The lowest BCUT2D eigenvalue weighted by atomic mass is 9.45. The Bertz CT molecular complexity index is 427. The molecule has 0 aliphatic heterocycles. The van der Waals surface area contributed by atoms with Gasteiger partial charge in [-0.3, -0.25) is 4.79 Å². The summed E-state index contributed by atoms with van der Waals surface area (Å²) in [7, 11) is 0. The Morgan fingerprint density at radius 1 is 0.900 bits per heavy atom. The number of hydrogen-bond acceptors (Lipinski definition) is 1. The molecule has 0 amide bonds. The quantitative estimate of drug-likeness (QED) is 0.608. The Hall–Kier alpha value is -0.330. The largest absolute Gasteiger partial charge is 0.299 e. The topological polar surface area (TPSA) is 17.1 Å². The standard InChI is InChI=1S/C19H30O/c1-18-10-3-5-14(18)13-7-8-16-17(20)6-4-11-19(16,2)15(13)9-12-18/h13-16H,3-12H2,1-2H3/t13-,14+,15-,16-,18+,19+/m0/s1. The number of fused-ring (bicyclic) bond motifs is 5. The second kappa shape index (κ2) is 4.34. The number of carbonyl (C=O) groups excluding carboxylic acids is 1. The zero-order chi connectivity index (χ0) is 14.0. The van der Waals surface area contributed by atoms with E-state index in [0.29, 0.717) is 22.5 Å². The van der Waals surface area contributed by atoms with Crippen molar-refractivity contribution in [3.8, 4) is 0 Å². The summed E-state index contributed by atoms with van der Waals surface area (Å²) >= 11 is 0. The Kier molecular flexibility index (Phi) is 2.89. The van der Waals surface area contributed by atoms with Crippen LogP contribution in [0.1, 0.15) is 78.1 Å². The third-order valence-corrected chi connectivity index (χ3v) is 8.18. The van der Waals surface area contributed by atoms with Crippen molar-refractivity contribution in [1.29, 1.82) is 0 Å². The lowest BCUT2D eigenvalue weighted by Gasteiger charge is -2.59. The molecular formula is C19H30O. The lowest BCUT2D eigenvalue weighted by Crippen LogP contribution is -2.53. The van der Waals surface area contributed by atoms with Crippen molar-refractivity contribution in [2.75, 3.05) is 0 Å². The first kappa shape index (κ1) is 13.3. The molecule has 112 valence electrons. The van der Waals surface area contributed by atoms with Gasteiger partial charge < -0.3 is 0 Å². The molecule has 4 rings (SSSR count). The molecule has 6 atom stereocenters. The summed E-state index contributed by atoms with van der Waals surface area (Å²) in [6.07, 6.45) is 13.2. The minimum Gasteiger partial charge on any atom is -0.299 e. The van der Waals surface area contributed by atoms with E-state index in [1.54, 1.807) is 0 Å². The first-order chi connectivity index (χ1) is 9.55. The van der Waals surface area contributed by atoms with Crippen LogP contribution in [0, 0.1) is 34.5 Å². The molecule has 0 aromatic rings. The van der Waals surface area contributed by atoms with Gasteiger partial charge in [0.1, 0.15) is 5.78 Å². The van der Waals surface area contributed by atoms with Gasteiger partial charge in [-0.05, 0) is 80.0 Å². The molecule has 0 radical (unpaired) electrons. The molecule has 4 aliphatic rings. The molecule has 0 saturated heterocycles. The van der Waals surface area contributed by atoms with E-state index in [2.05, 4.69) is 13.8 Å². The Labute approximate surface area is 123 Å². The molecule has 0 heterocycles. The predicted molar refractivity (Wildman–Crippen MR) is 81.4 cm³/mol. The average molecular weight is 274 g/mol. The van der Waals surface area contributed by atoms with E-state index in [1.807, 2.05) is 0 Å². The van der Waals surface area contributed by atoms with Crippen LogP contribution in [0.2, 0.25) is 0 Å². The lowest BCUT2D eigenvalue weighted by molar-refractivity contribution is -0.146. The molecule has 20 heavy (non-hydrogen) atoms. The molecule has 1 heteroatoms. The van der Waals surface area contributed by atoms with E-state index in [-0.39, 0.29) is 0 Å². The summed E-state index contributed by atoms with van der Waals surface area (Å²) in [5, 5.41) is 0. The van der Waals surface area contributed by atoms with E-state index < -0.39 is 0 Å². The fourth-order valence-corrected chi connectivity index (χ4v) is 7.16. The van der Waals surface area contributed by atoms with Crippen LogP contribution >= 0.6 is 0 Å². The molecule has 0 aromatic heterocycles. The van der Waals surface area contributed by atoms with Crippen LogP contribution in [0.5, 0.6) is 0 Å². The monoisotopic (exact) mass is 274 g/mol. The maximum Gasteiger partial charge on any atom is 0.136 e. The van der Waals surface area contributed by atoms with Gasteiger partial charge in [0.2, 0.25) is 0 Å². The van der Waals surface area contributed by atoms with Gasteiger partial charge in [0, 0.05) is 12.3 Å². The van der Waals surface area contributed by atoms with Crippen LogP contribution in [0.25, 0.3) is 0 Å². The van der Waals surface area contributed by atoms with Crippen molar-refractivity contribution in [2.45, 2.75) is 78.1 Å². The van der Waals surface area contributed by atoms with Crippen molar-refractivity contribution in [2.24, 2.45) is 34.5 Å². The maximum absolute atomic E-state index is 12.4. The fraction of sp³-hybridized carbons (Fsp3) is 0.947. The molecule has 4 aliphatic carbocycles. The second-order valence-electron chi connectivity index (χ2n) is 8.92. The highest BCUT2D eigenvalue weighted by molar-refractivity contribution is 5.82. The first-order valence-electron chi connectivity index (χ1n) is 9.07. The molecule has 4 fully saturated rings. The van der Waals surface area contributed by atoms with Crippen LogP contribution in [-0.2, 0) is 4.79 Å². The highest BCUT2D eigenvalue weighted by atomic mass is 16.1. The Balaban J connectivity index is 1.67. The number of carbonyl (C=O) groups is 1. The average Bonchev–Trinajstić information content (AvgIpc) is 2.80. The summed E-state index contributed by atoms with van der Waals surface area (Å²) < 4.78 is 0. The van der Waals surface area contributed by atoms with Gasteiger partial charge in [0.05, 0.1) is 0 Å². The molecule has 1 nitrogen and oxygen atoms in total. The number of hydrogen-bond donors (Lipinski definition) is 0. The number of rotatable bonds is 0. The highest BCUT2D eigenvalue weighted by Crippen LogP contribution is 2.65. The minimum atomic E-state index is 0.363. The molecule has 0 aromatic carbocycles. The summed E-state index contributed by atoms with van der Waals surface area (Å²) in [5.41, 5.74) is 1.02. The summed E-state index contributed by atoms with van der Waals surface area (Å²) in [6, 6.07) is 0. The SMILES string of the molecule is C[C@]12CCC[C@@H]1[C@@H]1CC[C@H]3C(=O)CCC[C@]3(C)[C@H]1CC2. The zero-order valence-corrected chi connectivity index (χ0v) is 13.3. The Morgan fingerprint density at radius 3 is 2.60 bits per heavy atom. The molecule has 0 unspecified atom stereocenters. The van der Waals surface area contributed by atoms with E-state index >= 15 is 0 Å². The minimum absolute atomic E-state index is 0.363. The van der Waals surface area contributed by atoms with Gasteiger partial charge in [0.15, 0.2) is 0 Å². The van der Waals surface area contributed by atoms with E-state index in [1.165, 1.54) is 51.4 Å². The number of ketones is 1. The van der Waals surface area contributed by atoms with Crippen LogP contribution < -0.4 is 0 Å². The highest BCUT2D eigenvalue weighted by Gasteiger charge is 2.58. The van der Waals surface area contributed by atoms with Crippen LogP contribution in [0.15, 0.2) is 0 Å². The Morgan fingerprint density at radius 2 is 1.75 bits per heavy atom. The molecule has 0 spiro atoms. The summed E-state index contributed by atoms with van der Waals surface area (Å²) in [6.45, 7) is 5.06. The zero-order valence-electron chi connectivity index (χ0n) is 13.3. The summed E-state index contributed by atoms with van der Waals surface area (Å²) in [4.78, 5) is 12.4. The summed E-state index contributed by atoms with van der Waals surface area (Å²) in [5.74, 6) is 3.82. The smallest absolute Gasteiger partial charge is 0.136 e. The van der Waals surface area contributed by atoms with Crippen LogP contribution in [0.3, 0.4) is 0 Å². The second-order valence-corrected chi connectivity index (χ2v) is 8.92.